The van der Waals surface area contributed by atoms with Crippen molar-refractivity contribution in [3.05, 3.63) is 0 Å². The molecule has 1 amide bonds. The zero-order chi connectivity index (χ0) is 13.5. The summed E-state index contributed by atoms with van der Waals surface area (Å²) in [6.07, 6.45) is 8.52. The van der Waals surface area contributed by atoms with Crippen LogP contribution in [-0.2, 0) is 4.79 Å². The van der Waals surface area contributed by atoms with Gasteiger partial charge in [0, 0.05) is 12.6 Å². The van der Waals surface area contributed by atoms with Gasteiger partial charge in [0.25, 0.3) is 0 Å². The summed E-state index contributed by atoms with van der Waals surface area (Å²) in [5, 5.41) is 6.29. The molecular weight excluding hydrogens is 238 g/mol. The second kappa shape index (κ2) is 7.85. The maximum atomic E-state index is 11.8. The predicted octanol–water partition coefficient (Wildman–Crippen LogP) is 1.51. The van der Waals surface area contributed by atoms with E-state index in [0.29, 0.717) is 0 Å². The molecule has 0 aromatic rings. The van der Waals surface area contributed by atoms with E-state index in [1.165, 1.54) is 38.8 Å². The molecular formula is C15H29N3O. The highest BCUT2D eigenvalue weighted by Crippen LogP contribution is 2.16. The largest absolute Gasteiger partial charge is 0.355 e. The maximum Gasteiger partial charge on any atom is 0.237 e. The van der Waals surface area contributed by atoms with E-state index in [2.05, 4.69) is 22.5 Å². The molecule has 2 N–H and O–H groups in total. The van der Waals surface area contributed by atoms with Crippen LogP contribution in [0.3, 0.4) is 0 Å². The number of piperidine rings is 1. The molecule has 0 bridgehead atoms. The molecule has 0 spiro atoms. The van der Waals surface area contributed by atoms with Crippen LogP contribution < -0.4 is 10.6 Å². The van der Waals surface area contributed by atoms with Crippen LogP contribution in [0.2, 0.25) is 0 Å². The van der Waals surface area contributed by atoms with Gasteiger partial charge in [0.2, 0.25) is 5.91 Å². The maximum absolute atomic E-state index is 11.8. The highest BCUT2D eigenvalue weighted by molar-refractivity contribution is 5.81. The molecule has 0 aromatic heterocycles. The molecule has 1 unspecified atom stereocenters. The summed E-state index contributed by atoms with van der Waals surface area (Å²) in [7, 11) is 0. The smallest absolute Gasteiger partial charge is 0.237 e. The topological polar surface area (TPSA) is 44.4 Å². The first-order valence-electron chi connectivity index (χ1n) is 8.02. The summed E-state index contributed by atoms with van der Waals surface area (Å²) in [5.41, 5.74) is 0. The summed E-state index contributed by atoms with van der Waals surface area (Å²) >= 11 is 0. The first-order chi connectivity index (χ1) is 9.27. The molecule has 0 aromatic carbocycles. The standard InChI is InChI=1S/C15H29N3O/c1-13-7-2-4-11-18(13)12-5-3-9-17-15(19)14-8-6-10-16-14/h13-14,16H,2-12H2,1H3,(H,17,19)/t13?,14-/m0/s1. The minimum atomic E-state index is 0.0714. The van der Waals surface area contributed by atoms with Crippen molar-refractivity contribution in [1.29, 1.82) is 0 Å². The average Bonchev–Trinajstić information content (AvgIpc) is 2.94. The molecule has 2 heterocycles. The fourth-order valence-electron chi connectivity index (χ4n) is 3.17. The van der Waals surface area contributed by atoms with E-state index in [9.17, 15) is 4.79 Å². The molecule has 2 fully saturated rings. The van der Waals surface area contributed by atoms with Gasteiger partial charge in [-0.05, 0) is 65.1 Å². The van der Waals surface area contributed by atoms with Crippen molar-refractivity contribution in [3.63, 3.8) is 0 Å². The van der Waals surface area contributed by atoms with Crippen LogP contribution in [0.25, 0.3) is 0 Å². The van der Waals surface area contributed by atoms with Crippen LogP contribution in [0.4, 0.5) is 0 Å². The molecule has 2 saturated heterocycles. The average molecular weight is 267 g/mol. The number of likely N-dealkylation sites (tertiary alicyclic amines) is 1. The molecule has 0 saturated carbocycles. The Kier molecular flexibility index (Phi) is 6.11. The molecule has 0 radical (unpaired) electrons. The number of carbonyl (C=O) groups is 1. The second-order valence-electron chi connectivity index (χ2n) is 6.03. The van der Waals surface area contributed by atoms with Crippen LogP contribution >= 0.6 is 0 Å². The number of carbonyl (C=O) groups excluding carboxylic acids is 1. The molecule has 2 rings (SSSR count). The molecule has 4 heteroatoms. The Bertz CT molecular complexity index is 277. The van der Waals surface area contributed by atoms with Gasteiger partial charge in [-0.2, -0.15) is 0 Å². The highest BCUT2D eigenvalue weighted by atomic mass is 16.2. The number of hydrogen-bond acceptors (Lipinski definition) is 3. The Balaban J connectivity index is 1.50. The van der Waals surface area contributed by atoms with E-state index in [-0.39, 0.29) is 11.9 Å². The van der Waals surface area contributed by atoms with Gasteiger partial charge in [-0.15, -0.1) is 0 Å². The third-order valence-corrected chi connectivity index (χ3v) is 4.49. The summed E-state index contributed by atoms with van der Waals surface area (Å²) < 4.78 is 0. The summed E-state index contributed by atoms with van der Waals surface area (Å²) in [4.78, 5) is 14.4. The number of rotatable bonds is 6. The van der Waals surface area contributed by atoms with E-state index in [4.69, 9.17) is 0 Å². The normalized spacial score (nSPS) is 28.5. The van der Waals surface area contributed by atoms with Crippen LogP contribution in [0, 0.1) is 0 Å². The predicted molar refractivity (Wildman–Crippen MR) is 78.2 cm³/mol. The number of nitrogens with zero attached hydrogens (tertiary/aromatic N) is 1. The van der Waals surface area contributed by atoms with Gasteiger partial charge in [0.1, 0.15) is 0 Å². The first kappa shape index (κ1) is 14.8. The zero-order valence-electron chi connectivity index (χ0n) is 12.3. The highest BCUT2D eigenvalue weighted by Gasteiger charge is 2.21. The Labute approximate surface area is 117 Å². The van der Waals surface area contributed by atoms with Gasteiger partial charge in [-0.1, -0.05) is 6.42 Å². The summed E-state index contributed by atoms with van der Waals surface area (Å²) in [5.74, 6) is 0.198. The van der Waals surface area contributed by atoms with Gasteiger partial charge < -0.3 is 15.5 Å². The van der Waals surface area contributed by atoms with Crippen molar-refractivity contribution in [2.75, 3.05) is 26.2 Å². The second-order valence-corrected chi connectivity index (χ2v) is 6.03. The van der Waals surface area contributed by atoms with Crippen molar-refractivity contribution in [3.8, 4) is 0 Å². The Hall–Kier alpha value is -0.610. The molecule has 2 aliphatic heterocycles. The first-order valence-corrected chi connectivity index (χ1v) is 8.02. The third kappa shape index (κ3) is 4.77. The summed E-state index contributed by atoms with van der Waals surface area (Å²) in [6.45, 7) is 6.62. The van der Waals surface area contributed by atoms with Gasteiger partial charge in [-0.3, -0.25) is 4.79 Å². The van der Waals surface area contributed by atoms with E-state index < -0.39 is 0 Å². The number of nitrogens with one attached hydrogen (secondary N) is 2. The van der Waals surface area contributed by atoms with Crippen molar-refractivity contribution < 1.29 is 4.79 Å². The lowest BCUT2D eigenvalue weighted by Gasteiger charge is -2.33. The van der Waals surface area contributed by atoms with Gasteiger partial charge in [0.05, 0.1) is 6.04 Å². The zero-order valence-corrected chi connectivity index (χ0v) is 12.3. The minimum absolute atomic E-state index is 0.0714. The van der Waals surface area contributed by atoms with Crippen molar-refractivity contribution >= 4 is 5.91 Å². The molecule has 0 aliphatic carbocycles. The molecule has 110 valence electrons. The monoisotopic (exact) mass is 267 g/mol. The fourth-order valence-corrected chi connectivity index (χ4v) is 3.17. The lowest BCUT2D eigenvalue weighted by molar-refractivity contribution is -0.122. The Morgan fingerprint density at radius 2 is 2.16 bits per heavy atom. The van der Waals surface area contributed by atoms with Crippen LogP contribution in [0.5, 0.6) is 0 Å². The number of hydrogen-bond donors (Lipinski definition) is 2. The summed E-state index contributed by atoms with van der Waals surface area (Å²) in [6, 6.07) is 0.827. The molecule has 2 aliphatic rings. The SMILES string of the molecule is CC1CCCCN1CCCCNC(=O)[C@@H]1CCCN1. The molecule has 4 nitrogen and oxygen atoms in total. The van der Waals surface area contributed by atoms with Crippen molar-refractivity contribution in [2.24, 2.45) is 0 Å². The fraction of sp³-hybridized carbons (Fsp3) is 0.933. The van der Waals surface area contributed by atoms with Crippen molar-refractivity contribution in [1.82, 2.24) is 15.5 Å². The van der Waals surface area contributed by atoms with E-state index >= 15 is 0 Å². The van der Waals surface area contributed by atoms with Crippen LogP contribution in [0.15, 0.2) is 0 Å². The van der Waals surface area contributed by atoms with E-state index in [0.717, 1.165) is 38.4 Å². The van der Waals surface area contributed by atoms with Crippen LogP contribution in [0.1, 0.15) is 51.9 Å². The Morgan fingerprint density at radius 1 is 1.26 bits per heavy atom. The van der Waals surface area contributed by atoms with E-state index in [1.54, 1.807) is 0 Å². The Morgan fingerprint density at radius 3 is 2.89 bits per heavy atom. The minimum Gasteiger partial charge on any atom is -0.355 e. The van der Waals surface area contributed by atoms with Gasteiger partial charge >= 0.3 is 0 Å². The number of unbranched alkanes of at least 4 members (excludes halogenated alkanes) is 1. The number of amides is 1. The lowest BCUT2D eigenvalue weighted by Crippen LogP contribution is -2.41. The molecule has 2 atom stereocenters. The van der Waals surface area contributed by atoms with E-state index in [1.807, 2.05) is 0 Å². The lowest BCUT2D eigenvalue weighted by atomic mass is 10.0. The molecule has 19 heavy (non-hydrogen) atoms. The van der Waals surface area contributed by atoms with Crippen molar-refractivity contribution in [2.45, 2.75) is 64.0 Å². The quantitative estimate of drug-likeness (QED) is 0.717. The third-order valence-electron chi connectivity index (χ3n) is 4.49. The van der Waals surface area contributed by atoms with Crippen LogP contribution in [-0.4, -0.2) is 49.1 Å². The van der Waals surface area contributed by atoms with Gasteiger partial charge in [0.15, 0.2) is 0 Å². The van der Waals surface area contributed by atoms with Gasteiger partial charge in [-0.25, -0.2) is 0 Å².